The Kier molecular flexibility index (Phi) is 6.23. The molecule has 4 nitrogen and oxygen atoms in total. The van der Waals surface area contributed by atoms with E-state index in [-0.39, 0.29) is 17.1 Å². The molecule has 1 N–H and O–H groups in total. The highest BCUT2D eigenvalue weighted by Gasteiger charge is 2.35. The summed E-state index contributed by atoms with van der Waals surface area (Å²) in [7, 11) is -3.41. The van der Waals surface area contributed by atoms with Crippen LogP contribution in [-0.4, -0.2) is 20.9 Å². The van der Waals surface area contributed by atoms with Gasteiger partial charge in [-0.05, 0) is 48.2 Å². The van der Waals surface area contributed by atoms with Gasteiger partial charge in [-0.25, -0.2) is 8.42 Å². The number of nitrogens with one attached hydrogen (secondary N) is 1. The molecule has 1 fully saturated rings. The van der Waals surface area contributed by atoms with Crippen molar-refractivity contribution in [1.82, 2.24) is 5.32 Å². The molecule has 0 saturated heterocycles. The summed E-state index contributed by atoms with van der Waals surface area (Å²) >= 11 is 0. The van der Waals surface area contributed by atoms with Crippen molar-refractivity contribution in [1.29, 1.82) is 0 Å². The number of hydrogen-bond donors (Lipinski definition) is 1. The first kappa shape index (κ1) is 21.3. The normalized spacial score (nSPS) is 15.5. The quantitative estimate of drug-likeness (QED) is 0.576. The first-order valence-electron chi connectivity index (χ1n) is 10.7. The average molecular weight is 434 g/mol. The van der Waals surface area contributed by atoms with E-state index < -0.39 is 9.84 Å². The molecule has 1 aliphatic rings. The highest BCUT2D eigenvalue weighted by Crippen LogP contribution is 2.40. The summed E-state index contributed by atoms with van der Waals surface area (Å²) in [5.74, 6) is -0.213. The van der Waals surface area contributed by atoms with Crippen molar-refractivity contribution >= 4 is 15.7 Å². The predicted octanol–water partition coefficient (Wildman–Crippen LogP) is 4.90. The molecule has 1 amide bonds. The van der Waals surface area contributed by atoms with Gasteiger partial charge in [0.25, 0.3) is 5.91 Å². The number of carbonyl (C=O) groups excluding carboxylic acids is 1. The molecule has 0 aliphatic heterocycles. The van der Waals surface area contributed by atoms with Crippen LogP contribution in [0.15, 0.2) is 89.8 Å². The Morgan fingerprint density at radius 1 is 0.806 bits per heavy atom. The third-order valence-electron chi connectivity index (χ3n) is 6.21. The van der Waals surface area contributed by atoms with Gasteiger partial charge in [0.05, 0.1) is 10.6 Å². The van der Waals surface area contributed by atoms with Crippen LogP contribution in [0.2, 0.25) is 0 Å². The number of hydrogen-bond acceptors (Lipinski definition) is 3. The Hall–Kier alpha value is -2.92. The minimum absolute atomic E-state index is 0.000618. The highest BCUT2D eigenvalue weighted by atomic mass is 32.2. The molecule has 31 heavy (non-hydrogen) atoms. The summed E-state index contributed by atoms with van der Waals surface area (Å²) in [6, 6.07) is 25.7. The average Bonchev–Trinajstić information content (AvgIpc) is 3.29. The number of benzene rings is 3. The summed E-state index contributed by atoms with van der Waals surface area (Å²) in [6.45, 7) is 0.611. The largest absolute Gasteiger partial charge is 0.351 e. The summed E-state index contributed by atoms with van der Waals surface area (Å²) in [5, 5.41) is 3.12. The van der Waals surface area contributed by atoms with Gasteiger partial charge in [0.15, 0.2) is 9.84 Å². The van der Waals surface area contributed by atoms with E-state index in [4.69, 9.17) is 0 Å². The van der Waals surface area contributed by atoms with Crippen molar-refractivity contribution in [3.05, 3.63) is 102 Å². The van der Waals surface area contributed by atoms with E-state index in [1.165, 1.54) is 18.4 Å². The van der Waals surface area contributed by atoms with Crippen LogP contribution >= 0.6 is 0 Å². The fourth-order valence-corrected chi connectivity index (χ4v) is 5.82. The number of sulfone groups is 1. The molecular formula is C26H27NO3S. The van der Waals surface area contributed by atoms with Crippen molar-refractivity contribution in [2.75, 3.05) is 6.54 Å². The first-order chi connectivity index (χ1) is 15.0. The molecule has 0 radical (unpaired) electrons. The van der Waals surface area contributed by atoms with E-state index in [1.54, 1.807) is 54.6 Å². The fourth-order valence-electron chi connectivity index (χ4n) is 4.45. The van der Waals surface area contributed by atoms with Crippen LogP contribution in [0, 0.1) is 0 Å². The molecule has 3 aromatic rings. The molecule has 0 heterocycles. The minimum Gasteiger partial charge on any atom is -0.351 e. The maximum Gasteiger partial charge on any atom is 0.251 e. The van der Waals surface area contributed by atoms with Crippen molar-refractivity contribution in [3.8, 4) is 0 Å². The van der Waals surface area contributed by atoms with Crippen molar-refractivity contribution in [2.24, 2.45) is 0 Å². The van der Waals surface area contributed by atoms with Crippen LogP contribution in [0.1, 0.15) is 47.2 Å². The SMILES string of the molecule is O=C(NCC1(c2ccccc2)CCCC1)c1ccc(CS(=O)(=O)c2ccccc2)cc1. The van der Waals surface area contributed by atoms with Gasteiger partial charge in [-0.2, -0.15) is 0 Å². The third-order valence-corrected chi connectivity index (χ3v) is 7.91. The van der Waals surface area contributed by atoms with Crippen LogP contribution in [-0.2, 0) is 21.0 Å². The summed E-state index contributed by atoms with van der Waals surface area (Å²) in [4.78, 5) is 13.1. The molecule has 160 valence electrons. The topological polar surface area (TPSA) is 63.2 Å². The van der Waals surface area contributed by atoms with Crippen LogP contribution in [0.25, 0.3) is 0 Å². The lowest BCUT2D eigenvalue weighted by Gasteiger charge is -2.30. The lowest BCUT2D eigenvalue weighted by atomic mass is 9.79. The smallest absolute Gasteiger partial charge is 0.251 e. The standard InChI is InChI=1S/C26H27NO3S/c28-25(27-20-26(17-7-8-18-26)23-9-3-1-4-10-23)22-15-13-21(14-16-22)19-31(29,30)24-11-5-2-6-12-24/h1-6,9-16H,7-8,17-20H2,(H,27,28). The van der Waals surface area contributed by atoms with Crippen LogP contribution in [0.3, 0.4) is 0 Å². The molecule has 3 aromatic carbocycles. The summed E-state index contributed by atoms with van der Waals surface area (Å²) < 4.78 is 25.1. The van der Waals surface area contributed by atoms with Crippen LogP contribution < -0.4 is 5.32 Å². The number of carbonyl (C=O) groups is 1. The second kappa shape index (κ2) is 9.06. The van der Waals surface area contributed by atoms with Crippen molar-refractivity contribution in [3.63, 3.8) is 0 Å². The van der Waals surface area contributed by atoms with Crippen molar-refractivity contribution < 1.29 is 13.2 Å². The second-order valence-electron chi connectivity index (χ2n) is 8.31. The van der Waals surface area contributed by atoms with E-state index >= 15 is 0 Å². The first-order valence-corrected chi connectivity index (χ1v) is 12.3. The maximum atomic E-state index is 12.8. The molecule has 0 spiro atoms. The van der Waals surface area contributed by atoms with Gasteiger partial charge in [-0.3, -0.25) is 4.79 Å². The second-order valence-corrected chi connectivity index (χ2v) is 10.3. The van der Waals surface area contributed by atoms with Gasteiger partial charge in [0.1, 0.15) is 0 Å². The van der Waals surface area contributed by atoms with Crippen molar-refractivity contribution in [2.45, 2.75) is 41.7 Å². The van der Waals surface area contributed by atoms with E-state index in [0.29, 0.717) is 22.6 Å². The van der Waals surface area contributed by atoms with E-state index in [1.807, 2.05) is 6.07 Å². The lowest BCUT2D eigenvalue weighted by Crippen LogP contribution is -2.39. The Morgan fingerprint density at radius 2 is 1.39 bits per heavy atom. The predicted molar refractivity (Wildman–Crippen MR) is 123 cm³/mol. The molecule has 4 rings (SSSR count). The van der Waals surface area contributed by atoms with E-state index in [9.17, 15) is 13.2 Å². The molecule has 0 aromatic heterocycles. The summed E-state index contributed by atoms with van der Waals surface area (Å²) in [6.07, 6.45) is 4.51. The van der Waals surface area contributed by atoms with Gasteiger partial charge in [0, 0.05) is 17.5 Å². The fraction of sp³-hybridized carbons (Fsp3) is 0.269. The van der Waals surface area contributed by atoms with E-state index in [2.05, 4.69) is 29.6 Å². The Labute approximate surface area is 184 Å². The van der Waals surface area contributed by atoms with Gasteiger partial charge in [-0.15, -0.1) is 0 Å². The van der Waals surface area contributed by atoms with E-state index in [0.717, 1.165) is 12.8 Å². The third kappa shape index (κ3) is 4.88. The molecule has 1 saturated carbocycles. The zero-order valence-electron chi connectivity index (χ0n) is 17.5. The van der Waals surface area contributed by atoms with Gasteiger partial charge >= 0.3 is 0 Å². The number of amides is 1. The minimum atomic E-state index is -3.41. The molecule has 0 atom stereocenters. The van der Waals surface area contributed by atoms with Crippen LogP contribution in [0.5, 0.6) is 0 Å². The molecular weight excluding hydrogens is 406 g/mol. The molecule has 0 bridgehead atoms. The zero-order chi connectivity index (χ0) is 21.7. The van der Waals surface area contributed by atoms with Gasteiger partial charge < -0.3 is 5.32 Å². The Bertz CT molecular complexity index is 1120. The molecule has 5 heteroatoms. The Morgan fingerprint density at radius 3 is 2.00 bits per heavy atom. The molecule has 0 unspecified atom stereocenters. The Balaban J connectivity index is 1.42. The lowest BCUT2D eigenvalue weighted by molar-refractivity contribution is 0.0943. The number of rotatable bonds is 7. The van der Waals surface area contributed by atoms with Crippen LogP contribution in [0.4, 0.5) is 0 Å². The zero-order valence-corrected chi connectivity index (χ0v) is 18.3. The molecule has 1 aliphatic carbocycles. The highest BCUT2D eigenvalue weighted by molar-refractivity contribution is 7.90. The maximum absolute atomic E-state index is 12.8. The summed E-state index contributed by atoms with van der Waals surface area (Å²) in [5.41, 5.74) is 2.49. The monoisotopic (exact) mass is 433 g/mol. The van der Waals surface area contributed by atoms with Gasteiger partial charge in [0.2, 0.25) is 0 Å². The van der Waals surface area contributed by atoms with Gasteiger partial charge in [-0.1, -0.05) is 73.5 Å².